The van der Waals surface area contributed by atoms with Crippen LogP contribution in [0.2, 0.25) is 0 Å². The largest absolute Gasteiger partial charge is 0.492 e. The number of carbonyl (C=O) groups excluding carboxylic acids is 1. The third-order valence-electron chi connectivity index (χ3n) is 5.06. The van der Waals surface area contributed by atoms with Crippen molar-refractivity contribution in [3.8, 4) is 5.75 Å². The van der Waals surface area contributed by atoms with E-state index in [-0.39, 0.29) is 30.0 Å². The molecular formula is C22H28N2O4S. The molecule has 1 saturated heterocycles. The highest BCUT2D eigenvalue weighted by atomic mass is 32.2. The van der Waals surface area contributed by atoms with Crippen LogP contribution in [0.25, 0.3) is 0 Å². The number of hydrogen-bond donors (Lipinski definition) is 0. The van der Waals surface area contributed by atoms with Crippen LogP contribution in [0.5, 0.6) is 5.75 Å². The molecule has 0 N–H and O–H groups in total. The lowest BCUT2D eigenvalue weighted by atomic mass is 10.1. The number of benzene rings is 2. The fourth-order valence-electron chi connectivity index (χ4n) is 3.46. The van der Waals surface area contributed by atoms with Gasteiger partial charge < -0.3 is 9.64 Å². The van der Waals surface area contributed by atoms with Crippen LogP contribution in [0, 0.1) is 0 Å². The second kappa shape index (κ2) is 9.89. The Kier molecular flexibility index (Phi) is 7.28. The van der Waals surface area contributed by atoms with Crippen LogP contribution in [-0.2, 0) is 21.2 Å². The molecule has 0 saturated carbocycles. The van der Waals surface area contributed by atoms with E-state index >= 15 is 0 Å². The fourth-order valence-corrected chi connectivity index (χ4v) is 5.19. The highest BCUT2D eigenvalue weighted by Gasteiger charge is 2.34. The van der Waals surface area contributed by atoms with Crippen molar-refractivity contribution in [3.05, 3.63) is 66.2 Å². The summed E-state index contributed by atoms with van der Waals surface area (Å²) >= 11 is 0. The van der Waals surface area contributed by atoms with E-state index < -0.39 is 9.84 Å². The molecule has 6 nitrogen and oxygen atoms in total. The predicted molar refractivity (Wildman–Crippen MR) is 113 cm³/mol. The summed E-state index contributed by atoms with van der Waals surface area (Å²) in [5.41, 5.74) is 1.00. The Hall–Kier alpha value is -2.38. The minimum atomic E-state index is -3.07. The van der Waals surface area contributed by atoms with Gasteiger partial charge in [0.1, 0.15) is 12.4 Å². The Morgan fingerprint density at radius 1 is 1.07 bits per heavy atom. The molecule has 1 aliphatic heterocycles. The van der Waals surface area contributed by atoms with Crippen LogP contribution in [-0.4, -0.2) is 68.4 Å². The maximum absolute atomic E-state index is 13.0. The van der Waals surface area contributed by atoms with Gasteiger partial charge in [-0.3, -0.25) is 9.69 Å². The van der Waals surface area contributed by atoms with Gasteiger partial charge in [-0.2, -0.15) is 0 Å². The maximum atomic E-state index is 13.0. The van der Waals surface area contributed by atoms with Crippen LogP contribution < -0.4 is 4.74 Å². The van der Waals surface area contributed by atoms with E-state index in [4.69, 9.17) is 4.74 Å². The van der Waals surface area contributed by atoms with Crippen molar-refractivity contribution in [2.75, 3.05) is 38.2 Å². The molecule has 29 heavy (non-hydrogen) atoms. The summed E-state index contributed by atoms with van der Waals surface area (Å²) in [4.78, 5) is 16.7. The summed E-state index contributed by atoms with van der Waals surface area (Å²) in [6.45, 7) is 1.73. The molecule has 2 aromatic carbocycles. The minimum Gasteiger partial charge on any atom is -0.492 e. The number of amides is 1. The van der Waals surface area contributed by atoms with Gasteiger partial charge in [-0.25, -0.2) is 8.42 Å². The van der Waals surface area contributed by atoms with Crippen molar-refractivity contribution in [2.24, 2.45) is 0 Å². The molecule has 156 valence electrons. The number of rotatable bonds is 9. The monoisotopic (exact) mass is 416 g/mol. The van der Waals surface area contributed by atoms with Gasteiger partial charge in [-0.1, -0.05) is 48.5 Å². The highest BCUT2D eigenvalue weighted by molar-refractivity contribution is 7.91. The molecule has 1 amide bonds. The molecule has 2 aromatic rings. The average Bonchev–Trinajstić information content (AvgIpc) is 3.07. The molecule has 0 bridgehead atoms. The van der Waals surface area contributed by atoms with Crippen molar-refractivity contribution < 1.29 is 17.9 Å². The molecule has 1 atom stereocenters. The zero-order valence-corrected chi connectivity index (χ0v) is 17.6. The molecule has 1 heterocycles. The standard InChI is InChI=1S/C22H28N2O4S/c1-23(13-14-28-21-10-6-3-7-11-21)17-22(25)24(16-19-8-4-2-5-9-19)20-12-15-29(26,27)18-20/h2-11,20H,12-18H2,1H3/t20-/m1/s1. The van der Waals surface area contributed by atoms with Crippen molar-refractivity contribution in [1.29, 1.82) is 0 Å². The maximum Gasteiger partial charge on any atom is 0.237 e. The van der Waals surface area contributed by atoms with Gasteiger partial charge in [-0.05, 0) is 31.2 Å². The molecular weight excluding hydrogens is 388 g/mol. The summed E-state index contributed by atoms with van der Waals surface area (Å²) in [6.07, 6.45) is 0.502. The Bertz CT molecular complexity index is 888. The lowest BCUT2D eigenvalue weighted by molar-refractivity contribution is -0.134. The highest BCUT2D eigenvalue weighted by Crippen LogP contribution is 2.20. The van der Waals surface area contributed by atoms with Gasteiger partial charge in [0.25, 0.3) is 0 Å². The Balaban J connectivity index is 1.58. The Morgan fingerprint density at radius 2 is 1.72 bits per heavy atom. The van der Waals surface area contributed by atoms with Crippen molar-refractivity contribution in [2.45, 2.75) is 19.0 Å². The SMILES string of the molecule is CN(CCOc1ccccc1)CC(=O)N(Cc1ccccc1)[C@@H]1CCS(=O)(=O)C1. The lowest BCUT2D eigenvalue weighted by Gasteiger charge is -2.30. The topological polar surface area (TPSA) is 66.9 Å². The van der Waals surface area contributed by atoms with Gasteiger partial charge in [0, 0.05) is 19.1 Å². The van der Waals surface area contributed by atoms with E-state index in [1.807, 2.05) is 72.6 Å². The zero-order chi connectivity index (χ0) is 20.7. The van der Waals surface area contributed by atoms with Crippen molar-refractivity contribution in [3.63, 3.8) is 0 Å². The molecule has 0 aromatic heterocycles. The van der Waals surface area contributed by atoms with Crippen molar-refractivity contribution in [1.82, 2.24) is 9.80 Å². The van der Waals surface area contributed by atoms with E-state index in [1.165, 1.54) is 0 Å². The average molecular weight is 417 g/mol. The normalized spacial score (nSPS) is 17.9. The van der Waals surface area contributed by atoms with Gasteiger partial charge in [0.2, 0.25) is 5.91 Å². The summed E-state index contributed by atoms with van der Waals surface area (Å²) in [6, 6.07) is 19.0. The number of para-hydroxylation sites is 1. The smallest absolute Gasteiger partial charge is 0.237 e. The van der Waals surface area contributed by atoms with E-state index in [1.54, 1.807) is 4.90 Å². The predicted octanol–water partition coefficient (Wildman–Crippen LogP) is 2.21. The number of nitrogens with zero attached hydrogens (tertiary/aromatic N) is 2. The number of sulfone groups is 1. The minimum absolute atomic E-state index is 0.0480. The molecule has 0 radical (unpaired) electrons. The first kappa shape index (κ1) is 21.3. The number of carbonyl (C=O) groups is 1. The van der Waals surface area contributed by atoms with E-state index in [2.05, 4.69) is 0 Å². The van der Waals surface area contributed by atoms with Crippen LogP contribution in [0.4, 0.5) is 0 Å². The molecule has 1 aliphatic rings. The molecule has 0 unspecified atom stereocenters. The second-order valence-corrected chi connectivity index (χ2v) is 9.69. The summed E-state index contributed by atoms with van der Waals surface area (Å²) < 4.78 is 29.6. The van der Waals surface area contributed by atoms with Crippen LogP contribution in [0.1, 0.15) is 12.0 Å². The molecule has 1 fully saturated rings. The Labute approximate surface area is 173 Å². The summed E-state index contributed by atoms with van der Waals surface area (Å²) in [5.74, 6) is 0.941. The third-order valence-corrected chi connectivity index (χ3v) is 6.81. The van der Waals surface area contributed by atoms with Gasteiger partial charge >= 0.3 is 0 Å². The van der Waals surface area contributed by atoms with Crippen LogP contribution in [0.15, 0.2) is 60.7 Å². The number of likely N-dealkylation sites (N-methyl/N-ethyl adjacent to an activating group) is 1. The molecule has 3 rings (SSSR count). The first-order chi connectivity index (χ1) is 13.9. The second-order valence-electron chi connectivity index (χ2n) is 7.46. The first-order valence-corrected chi connectivity index (χ1v) is 11.7. The zero-order valence-electron chi connectivity index (χ0n) is 16.7. The van der Waals surface area contributed by atoms with Gasteiger partial charge in [0.05, 0.1) is 18.1 Å². The Morgan fingerprint density at radius 3 is 2.34 bits per heavy atom. The van der Waals surface area contributed by atoms with E-state index in [0.717, 1.165) is 11.3 Å². The summed E-state index contributed by atoms with van der Waals surface area (Å²) in [7, 11) is -1.19. The van der Waals surface area contributed by atoms with Crippen LogP contribution >= 0.6 is 0 Å². The van der Waals surface area contributed by atoms with E-state index in [0.29, 0.717) is 26.1 Å². The number of hydrogen-bond acceptors (Lipinski definition) is 5. The fraction of sp³-hybridized carbons (Fsp3) is 0.409. The van der Waals surface area contributed by atoms with Crippen LogP contribution in [0.3, 0.4) is 0 Å². The summed E-state index contributed by atoms with van der Waals surface area (Å²) in [5, 5.41) is 0. The molecule has 0 aliphatic carbocycles. The lowest BCUT2D eigenvalue weighted by Crippen LogP contribution is -2.45. The number of ether oxygens (including phenoxy) is 1. The van der Waals surface area contributed by atoms with Gasteiger partial charge in [0.15, 0.2) is 9.84 Å². The third kappa shape index (κ3) is 6.58. The first-order valence-electron chi connectivity index (χ1n) is 9.83. The molecule has 0 spiro atoms. The van der Waals surface area contributed by atoms with Gasteiger partial charge in [-0.15, -0.1) is 0 Å². The van der Waals surface area contributed by atoms with E-state index in [9.17, 15) is 13.2 Å². The molecule has 7 heteroatoms. The quantitative estimate of drug-likeness (QED) is 0.627. The van der Waals surface area contributed by atoms with Crippen molar-refractivity contribution >= 4 is 15.7 Å².